The van der Waals surface area contributed by atoms with Crippen LogP contribution >= 0.6 is 0 Å². The molecule has 3 aromatic carbocycles. The van der Waals surface area contributed by atoms with E-state index in [9.17, 15) is 10.1 Å². The van der Waals surface area contributed by atoms with Crippen LogP contribution in [0.25, 0.3) is 0 Å². The number of nitrogens with zero attached hydrogens (tertiary/aromatic N) is 1. The summed E-state index contributed by atoms with van der Waals surface area (Å²) < 4.78 is 27.6. The second-order valence-electron chi connectivity index (χ2n) is 7.56. The predicted octanol–water partition coefficient (Wildman–Crippen LogP) is 4.54. The molecule has 2 N–H and O–H groups in total. The molecule has 0 saturated heterocycles. The lowest BCUT2D eigenvalue weighted by Crippen LogP contribution is -2.21. The van der Waals surface area contributed by atoms with E-state index in [-0.39, 0.29) is 17.2 Å². The number of carbonyl (C=O) groups is 1. The van der Waals surface area contributed by atoms with Crippen LogP contribution in [0.15, 0.2) is 72.1 Å². The van der Waals surface area contributed by atoms with Crippen molar-refractivity contribution in [3.63, 3.8) is 0 Å². The van der Waals surface area contributed by atoms with Crippen LogP contribution < -0.4 is 29.4 Å². The second kappa shape index (κ2) is 10.1. The number of fused-ring (bicyclic) bond motifs is 1. The van der Waals surface area contributed by atoms with Crippen molar-refractivity contribution < 1.29 is 28.5 Å². The van der Waals surface area contributed by atoms with Crippen LogP contribution in [0.5, 0.6) is 28.7 Å². The number of methoxy groups -OCH3 is 2. The van der Waals surface area contributed by atoms with E-state index in [0.29, 0.717) is 40.7 Å². The Morgan fingerprint density at radius 1 is 1.03 bits per heavy atom. The average molecular weight is 472 g/mol. The third-order valence-corrected chi connectivity index (χ3v) is 5.55. The van der Waals surface area contributed by atoms with Gasteiger partial charge in [0, 0.05) is 11.6 Å². The first-order valence-corrected chi connectivity index (χ1v) is 10.9. The summed E-state index contributed by atoms with van der Waals surface area (Å²) in [6.45, 7) is 2.26. The normalized spacial score (nSPS) is 14.3. The van der Waals surface area contributed by atoms with E-state index in [1.807, 2.05) is 13.0 Å². The first kappa shape index (κ1) is 23.5. The van der Waals surface area contributed by atoms with E-state index in [1.165, 1.54) is 0 Å². The molecule has 0 aliphatic carbocycles. The number of benzene rings is 3. The number of nitrogens with two attached hydrogens (primary N) is 1. The van der Waals surface area contributed by atoms with Crippen molar-refractivity contribution in [3.8, 4) is 34.8 Å². The summed E-state index contributed by atoms with van der Waals surface area (Å²) in [5.74, 6) is 1.07. The first-order chi connectivity index (χ1) is 17.0. The molecule has 0 spiro atoms. The monoisotopic (exact) mass is 472 g/mol. The third kappa shape index (κ3) is 4.57. The molecule has 8 heteroatoms. The van der Waals surface area contributed by atoms with Crippen molar-refractivity contribution in [2.45, 2.75) is 12.8 Å². The highest BCUT2D eigenvalue weighted by atomic mass is 16.5. The molecule has 35 heavy (non-hydrogen) atoms. The molecule has 1 heterocycles. The number of para-hydroxylation sites is 1. The smallest absolute Gasteiger partial charge is 0.347 e. The highest BCUT2D eigenvalue weighted by Crippen LogP contribution is 2.45. The fourth-order valence-corrected chi connectivity index (χ4v) is 3.95. The number of nitriles is 1. The van der Waals surface area contributed by atoms with E-state index in [0.717, 1.165) is 5.56 Å². The minimum atomic E-state index is -0.567. The molecule has 0 bridgehead atoms. The summed E-state index contributed by atoms with van der Waals surface area (Å²) >= 11 is 0. The van der Waals surface area contributed by atoms with Gasteiger partial charge in [0.25, 0.3) is 0 Å². The van der Waals surface area contributed by atoms with Crippen molar-refractivity contribution >= 4 is 5.97 Å². The average Bonchev–Trinajstić information content (AvgIpc) is 2.87. The van der Waals surface area contributed by atoms with Crippen molar-refractivity contribution in [1.29, 1.82) is 5.26 Å². The molecule has 0 fully saturated rings. The van der Waals surface area contributed by atoms with Gasteiger partial charge in [0.1, 0.15) is 34.5 Å². The summed E-state index contributed by atoms with van der Waals surface area (Å²) in [6.07, 6.45) is 0. The van der Waals surface area contributed by atoms with Crippen LogP contribution in [0, 0.1) is 11.3 Å². The fourth-order valence-electron chi connectivity index (χ4n) is 3.95. The Labute approximate surface area is 203 Å². The summed E-state index contributed by atoms with van der Waals surface area (Å²) in [7, 11) is 3.09. The van der Waals surface area contributed by atoms with Gasteiger partial charge in [0.05, 0.1) is 26.7 Å². The lowest BCUT2D eigenvalue weighted by molar-refractivity contribution is 0.0730. The maximum Gasteiger partial charge on any atom is 0.347 e. The summed E-state index contributed by atoms with van der Waals surface area (Å²) in [6, 6.07) is 19.4. The lowest BCUT2D eigenvalue weighted by Gasteiger charge is -2.27. The Bertz CT molecular complexity index is 1340. The van der Waals surface area contributed by atoms with Crippen molar-refractivity contribution in [2.24, 2.45) is 5.73 Å². The maximum absolute atomic E-state index is 12.8. The van der Waals surface area contributed by atoms with Gasteiger partial charge in [0.2, 0.25) is 5.88 Å². The largest absolute Gasteiger partial charge is 0.493 e. The Kier molecular flexibility index (Phi) is 6.78. The highest BCUT2D eigenvalue weighted by molar-refractivity contribution is 5.94. The van der Waals surface area contributed by atoms with Crippen molar-refractivity contribution in [1.82, 2.24) is 0 Å². The third-order valence-electron chi connectivity index (χ3n) is 5.55. The van der Waals surface area contributed by atoms with E-state index in [2.05, 4.69) is 6.07 Å². The Morgan fingerprint density at radius 3 is 2.51 bits per heavy atom. The molecule has 4 rings (SSSR count). The van der Waals surface area contributed by atoms with E-state index in [4.69, 9.17) is 29.4 Å². The number of hydrogen-bond donors (Lipinski definition) is 1. The maximum atomic E-state index is 12.8. The zero-order valence-corrected chi connectivity index (χ0v) is 19.5. The summed E-state index contributed by atoms with van der Waals surface area (Å²) in [5, 5.41) is 9.81. The molecule has 3 aromatic rings. The van der Waals surface area contributed by atoms with Crippen LogP contribution in [-0.4, -0.2) is 26.8 Å². The molecule has 1 atom stereocenters. The highest BCUT2D eigenvalue weighted by Gasteiger charge is 2.32. The number of allylic oxidation sites excluding steroid dienone is 1. The van der Waals surface area contributed by atoms with Crippen LogP contribution in [-0.2, 0) is 0 Å². The molecule has 1 aliphatic heterocycles. The number of esters is 1. The minimum Gasteiger partial charge on any atom is -0.493 e. The zero-order valence-electron chi connectivity index (χ0n) is 19.5. The summed E-state index contributed by atoms with van der Waals surface area (Å²) in [4.78, 5) is 12.8. The van der Waals surface area contributed by atoms with Gasteiger partial charge in [-0.2, -0.15) is 5.26 Å². The second-order valence-corrected chi connectivity index (χ2v) is 7.56. The Morgan fingerprint density at radius 2 is 1.80 bits per heavy atom. The molecular formula is C27H24N2O6. The molecule has 8 nitrogen and oxygen atoms in total. The number of hydrogen-bond acceptors (Lipinski definition) is 8. The molecule has 0 saturated carbocycles. The molecule has 0 amide bonds. The van der Waals surface area contributed by atoms with Crippen molar-refractivity contribution in [3.05, 3.63) is 88.8 Å². The molecular weight excluding hydrogens is 448 g/mol. The zero-order chi connectivity index (χ0) is 24.9. The summed E-state index contributed by atoms with van der Waals surface area (Å²) in [5.41, 5.74) is 8.14. The van der Waals surface area contributed by atoms with Crippen molar-refractivity contribution in [2.75, 3.05) is 20.8 Å². The van der Waals surface area contributed by atoms with Gasteiger partial charge in [-0.15, -0.1) is 0 Å². The van der Waals surface area contributed by atoms with Crippen LogP contribution in [0.3, 0.4) is 0 Å². The number of rotatable bonds is 7. The Hall–Kier alpha value is -4.64. The van der Waals surface area contributed by atoms with Crippen LogP contribution in [0.1, 0.15) is 34.3 Å². The number of carbonyl (C=O) groups excluding carboxylic acids is 1. The number of ether oxygens (including phenoxy) is 5. The topological polar surface area (TPSA) is 113 Å². The van der Waals surface area contributed by atoms with Gasteiger partial charge >= 0.3 is 5.97 Å². The van der Waals surface area contributed by atoms with Gasteiger partial charge in [-0.25, -0.2) is 4.79 Å². The van der Waals surface area contributed by atoms with Crippen LogP contribution in [0.2, 0.25) is 0 Å². The van der Waals surface area contributed by atoms with Gasteiger partial charge in [-0.3, -0.25) is 0 Å². The Balaban J connectivity index is 1.70. The minimum absolute atomic E-state index is 0.0232. The molecule has 1 aliphatic rings. The lowest BCUT2D eigenvalue weighted by atomic mass is 9.83. The quantitative estimate of drug-likeness (QED) is 0.394. The van der Waals surface area contributed by atoms with E-state index < -0.39 is 11.9 Å². The van der Waals surface area contributed by atoms with E-state index in [1.54, 1.807) is 68.8 Å². The van der Waals surface area contributed by atoms with Gasteiger partial charge < -0.3 is 29.4 Å². The van der Waals surface area contributed by atoms with Crippen LogP contribution in [0.4, 0.5) is 0 Å². The standard InChI is InChI=1S/C27H24N2O6/c1-4-33-21-8-6-5-7-19(21)27(30)34-17-10-11-18-23(14-17)35-26(29)20(15-28)25(18)16-9-12-22(31-2)24(13-16)32-3/h5-14,25H,4,29H2,1-3H3. The first-order valence-electron chi connectivity index (χ1n) is 10.9. The SMILES string of the molecule is CCOc1ccccc1C(=O)Oc1ccc2c(c1)OC(N)=C(C#N)C2c1ccc(OC)c(OC)c1. The molecule has 0 aromatic heterocycles. The van der Waals surface area contributed by atoms with Gasteiger partial charge in [-0.05, 0) is 42.8 Å². The van der Waals surface area contributed by atoms with Gasteiger partial charge in [0.15, 0.2) is 11.5 Å². The van der Waals surface area contributed by atoms with Gasteiger partial charge in [-0.1, -0.05) is 24.3 Å². The fraction of sp³-hybridized carbons (Fsp3) is 0.185. The molecule has 178 valence electrons. The van der Waals surface area contributed by atoms with E-state index >= 15 is 0 Å². The molecule has 1 unspecified atom stereocenters. The predicted molar refractivity (Wildman–Crippen MR) is 128 cm³/mol. The molecule has 0 radical (unpaired) electrons.